The Morgan fingerprint density at radius 2 is 1.66 bits per heavy atom. The molecular formula is C27H28Cl3N3O2. The van der Waals surface area contributed by atoms with E-state index >= 15 is 0 Å². The number of benzene rings is 3. The van der Waals surface area contributed by atoms with Gasteiger partial charge in [-0.25, -0.2) is 0 Å². The normalized spacial score (nSPS) is 14.3. The highest BCUT2D eigenvalue weighted by atomic mass is 35.5. The van der Waals surface area contributed by atoms with Gasteiger partial charge in [0.05, 0.1) is 15.7 Å². The van der Waals surface area contributed by atoms with E-state index in [1.807, 2.05) is 60.7 Å². The minimum Gasteiger partial charge on any atom is -0.456 e. The van der Waals surface area contributed by atoms with Crippen molar-refractivity contribution in [3.8, 4) is 0 Å². The molecule has 1 fully saturated rings. The summed E-state index contributed by atoms with van der Waals surface area (Å²) in [5.41, 5.74) is 3.22. The van der Waals surface area contributed by atoms with E-state index in [2.05, 4.69) is 15.1 Å². The van der Waals surface area contributed by atoms with E-state index in [1.165, 1.54) is 0 Å². The summed E-state index contributed by atoms with van der Waals surface area (Å²) < 4.78 is 5.90. The summed E-state index contributed by atoms with van der Waals surface area (Å²) in [5, 5.41) is 6.37. The van der Waals surface area contributed by atoms with Crippen molar-refractivity contribution in [1.82, 2.24) is 10.2 Å². The van der Waals surface area contributed by atoms with E-state index in [-0.39, 0.29) is 18.3 Å². The van der Waals surface area contributed by atoms with Crippen molar-refractivity contribution in [1.29, 1.82) is 0 Å². The third-order valence-corrected chi connectivity index (χ3v) is 7.28. The smallest absolute Gasteiger partial charge is 0.251 e. The molecule has 3 aromatic carbocycles. The van der Waals surface area contributed by atoms with Crippen LogP contribution in [0.3, 0.4) is 0 Å². The zero-order chi connectivity index (χ0) is 23.5. The number of unbranched alkanes of at least 4 members (excludes halogenated alkanes) is 1. The van der Waals surface area contributed by atoms with Gasteiger partial charge in [-0.05, 0) is 55.8 Å². The van der Waals surface area contributed by atoms with Crippen LogP contribution in [0.4, 0.5) is 5.69 Å². The van der Waals surface area contributed by atoms with Gasteiger partial charge < -0.3 is 14.6 Å². The van der Waals surface area contributed by atoms with Crippen molar-refractivity contribution in [2.24, 2.45) is 0 Å². The number of amides is 1. The number of nitrogens with zero attached hydrogens (tertiary/aromatic N) is 2. The Labute approximate surface area is 221 Å². The zero-order valence-electron chi connectivity index (χ0n) is 19.3. The molecule has 0 bridgehead atoms. The molecule has 5 rings (SSSR count). The molecule has 0 unspecified atom stereocenters. The fourth-order valence-corrected chi connectivity index (χ4v) is 5.00. The lowest BCUT2D eigenvalue weighted by atomic mass is 10.1. The molecule has 8 heteroatoms. The first-order valence-corrected chi connectivity index (χ1v) is 12.5. The Kier molecular flexibility index (Phi) is 8.45. The van der Waals surface area contributed by atoms with Crippen molar-refractivity contribution < 1.29 is 9.21 Å². The molecule has 1 amide bonds. The molecule has 0 radical (unpaired) electrons. The lowest BCUT2D eigenvalue weighted by molar-refractivity contribution is 0.0952. The molecule has 184 valence electrons. The maximum atomic E-state index is 12.6. The summed E-state index contributed by atoms with van der Waals surface area (Å²) in [4.78, 5) is 17.4. The summed E-state index contributed by atoms with van der Waals surface area (Å²) in [6, 6.07) is 19.4. The van der Waals surface area contributed by atoms with Crippen LogP contribution in [0.2, 0.25) is 10.0 Å². The Hall–Kier alpha value is -2.44. The van der Waals surface area contributed by atoms with Gasteiger partial charge in [0, 0.05) is 49.1 Å². The molecule has 5 nitrogen and oxygen atoms in total. The van der Waals surface area contributed by atoms with Crippen LogP contribution < -0.4 is 10.2 Å². The van der Waals surface area contributed by atoms with Gasteiger partial charge in [-0.3, -0.25) is 9.69 Å². The molecular weight excluding hydrogens is 505 g/mol. The Morgan fingerprint density at radius 1 is 0.886 bits per heavy atom. The number of hydrogen-bond acceptors (Lipinski definition) is 4. The van der Waals surface area contributed by atoms with Gasteiger partial charge in [0.15, 0.2) is 0 Å². The first-order valence-electron chi connectivity index (χ1n) is 11.7. The Bertz CT molecular complexity index is 1320. The number of anilines is 1. The van der Waals surface area contributed by atoms with Crippen LogP contribution >= 0.6 is 35.6 Å². The highest BCUT2D eigenvalue weighted by Gasteiger charge is 2.19. The molecule has 35 heavy (non-hydrogen) atoms. The predicted octanol–water partition coefficient (Wildman–Crippen LogP) is 6.65. The quantitative estimate of drug-likeness (QED) is 0.271. The number of para-hydroxylation sites is 1. The van der Waals surface area contributed by atoms with Crippen LogP contribution in [0.1, 0.15) is 23.2 Å². The molecule has 4 aromatic rings. The van der Waals surface area contributed by atoms with Gasteiger partial charge in [-0.1, -0.05) is 47.5 Å². The number of carbonyl (C=O) groups is 1. The van der Waals surface area contributed by atoms with E-state index in [4.69, 9.17) is 27.6 Å². The van der Waals surface area contributed by atoms with Crippen molar-refractivity contribution in [3.63, 3.8) is 0 Å². The SMILES string of the molecule is Cl.O=C(NCCCCN1CCN(c2cccc(Cl)c2Cl)CC1)c1ccc2c(c1)oc1ccccc12. The monoisotopic (exact) mass is 531 g/mol. The topological polar surface area (TPSA) is 48.7 Å². The van der Waals surface area contributed by atoms with E-state index in [9.17, 15) is 4.79 Å². The maximum Gasteiger partial charge on any atom is 0.251 e. The van der Waals surface area contributed by atoms with Crippen LogP contribution in [-0.2, 0) is 0 Å². The second-order valence-corrected chi connectivity index (χ2v) is 9.46. The van der Waals surface area contributed by atoms with Gasteiger partial charge in [0.2, 0.25) is 0 Å². The van der Waals surface area contributed by atoms with E-state index in [1.54, 1.807) is 0 Å². The van der Waals surface area contributed by atoms with Crippen LogP contribution in [0.25, 0.3) is 21.9 Å². The van der Waals surface area contributed by atoms with Gasteiger partial charge in [0.25, 0.3) is 5.91 Å². The lowest BCUT2D eigenvalue weighted by Crippen LogP contribution is -2.46. The lowest BCUT2D eigenvalue weighted by Gasteiger charge is -2.36. The first kappa shape index (κ1) is 25.6. The fourth-order valence-electron chi connectivity index (χ4n) is 4.58. The minimum absolute atomic E-state index is 0. The average Bonchev–Trinajstić information content (AvgIpc) is 3.24. The second kappa shape index (κ2) is 11.5. The summed E-state index contributed by atoms with van der Waals surface area (Å²) in [6.45, 7) is 5.54. The van der Waals surface area contributed by atoms with Crippen molar-refractivity contribution in [2.45, 2.75) is 12.8 Å². The van der Waals surface area contributed by atoms with Gasteiger partial charge in [-0.2, -0.15) is 0 Å². The molecule has 0 aliphatic carbocycles. The number of carbonyl (C=O) groups excluding carboxylic acids is 1. The third-order valence-electron chi connectivity index (χ3n) is 6.47. The summed E-state index contributed by atoms with van der Waals surface area (Å²) >= 11 is 12.5. The van der Waals surface area contributed by atoms with Crippen LogP contribution in [0, 0.1) is 0 Å². The molecule has 0 spiro atoms. The van der Waals surface area contributed by atoms with E-state index in [0.29, 0.717) is 22.2 Å². The van der Waals surface area contributed by atoms with Gasteiger partial charge in [0.1, 0.15) is 11.2 Å². The predicted molar refractivity (Wildman–Crippen MR) is 148 cm³/mol. The minimum atomic E-state index is -0.0608. The third kappa shape index (κ3) is 5.70. The number of nitrogens with one attached hydrogen (secondary N) is 1. The maximum absolute atomic E-state index is 12.6. The molecule has 1 aromatic heterocycles. The Morgan fingerprint density at radius 3 is 2.49 bits per heavy atom. The average molecular weight is 533 g/mol. The van der Waals surface area contributed by atoms with Crippen LogP contribution in [0.15, 0.2) is 65.1 Å². The molecule has 1 N–H and O–H groups in total. The summed E-state index contributed by atoms with van der Waals surface area (Å²) in [6.07, 6.45) is 1.99. The van der Waals surface area contributed by atoms with Crippen molar-refractivity contribution >= 4 is 69.1 Å². The Balaban J connectivity index is 0.00000289. The molecule has 0 atom stereocenters. The largest absolute Gasteiger partial charge is 0.456 e. The molecule has 1 aliphatic heterocycles. The number of fused-ring (bicyclic) bond motifs is 3. The summed E-state index contributed by atoms with van der Waals surface area (Å²) in [5.74, 6) is -0.0608. The van der Waals surface area contributed by atoms with Crippen molar-refractivity contribution in [3.05, 3.63) is 76.3 Å². The first-order chi connectivity index (χ1) is 16.6. The molecule has 2 heterocycles. The number of piperazine rings is 1. The van der Waals surface area contributed by atoms with Crippen LogP contribution in [-0.4, -0.2) is 50.1 Å². The van der Waals surface area contributed by atoms with E-state index < -0.39 is 0 Å². The second-order valence-electron chi connectivity index (χ2n) is 8.67. The molecule has 0 saturated carbocycles. The number of rotatable bonds is 7. The van der Waals surface area contributed by atoms with Crippen LogP contribution in [0.5, 0.6) is 0 Å². The molecule has 1 saturated heterocycles. The van der Waals surface area contributed by atoms with E-state index in [0.717, 1.165) is 73.2 Å². The van der Waals surface area contributed by atoms with Gasteiger partial charge in [-0.15, -0.1) is 12.4 Å². The van der Waals surface area contributed by atoms with Crippen molar-refractivity contribution in [2.75, 3.05) is 44.2 Å². The zero-order valence-corrected chi connectivity index (χ0v) is 21.6. The van der Waals surface area contributed by atoms with Gasteiger partial charge >= 0.3 is 0 Å². The fraction of sp³-hybridized carbons (Fsp3) is 0.296. The number of furan rings is 1. The highest BCUT2D eigenvalue weighted by molar-refractivity contribution is 6.43. The number of hydrogen-bond donors (Lipinski definition) is 1. The highest BCUT2D eigenvalue weighted by Crippen LogP contribution is 2.33. The standard InChI is InChI=1S/C27H27Cl2N3O2.ClH/c28-22-7-5-8-23(26(22)29)32-16-14-31(15-17-32)13-4-3-12-30-27(33)19-10-11-21-20-6-1-2-9-24(20)34-25(21)18-19;/h1-2,5-11,18H,3-4,12-17H2,(H,30,33);1H. The number of halogens is 3. The molecule has 1 aliphatic rings. The summed E-state index contributed by atoms with van der Waals surface area (Å²) in [7, 11) is 0.